The van der Waals surface area contributed by atoms with Crippen molar-refractivity contribution >= 4 is 11.7 Å². The van der Waals surface area contributed by atoms with Gasteiger partial charge in [0.05, 0.1) is 11.8 Å². The first-order chi connectivity index (χ1) is 7.68. The van der Waals surface area contributed by atoms with Gasteiger partial charge in [0, 0.05) is 13.1 Å². The number of hydrogen-bond donors (Lipinski definition) is 1. The molecule has 0 radical (unpaired) electrons. The molecule has 0 aromatic heterocycles. The summed E-state index contributed by atoms with van der Waals surface area (Å²) in [5, 5.41) is 2.78. The highest BCUT2D eigenvalue weighted by Crippen LogP contribution is 2.29. The van der Waals surface area contributed by atoms with E-state index in [-0.39, 0.29) is 12.1 Å². The van der Waals surface area contributed by atoms with Gasteiger partial charge in [-0.3, -0.25) is 4.90 Å². The lowest BCUT2D eigenvalue weighted by Gasteiger charge is -2.20. The zero-order valence-corrected chi connectivity index (χ0v) is 9.56. The first kappa shape index (κ1) is 10.8. The van der Waals surface area contributed by atoms with E-state index in [0.29, 0.717) is 13.1 Å². The van der Waals surface area contributed by atoms with Gasteiger partial charge < -0.3 is 10.1 Å². The summed E-state index contributed by atoms with van der Waals surface area (Å²) in [6.45, 7) is 5.33. The van der Waals surface area contributed by atoms with Crippen LogP contribution in [0.5, 0.6) is 5.75 Å². The number of para-hydroxylation sites is 2. The van der Waals surface area contributed by atoms with Crippen molar-refractivity contribution in [1.82, 2.24) is 5.32 Å². The lowest BCUT2D eigenvalue weighted by atomic mass is 10.2. The van der Waals surface area contributed by atoms with E-state index >= 15 is 0 Å². The number of urea groups is 1. The molecule has 1 fully saturated rings. The highest BCUT2D eigenvalue weighted by molar-refractivity contribution is 5.95. The Bertz CT molecular complexity index is 390. The molecule has 0 atom stereocenters. The number of carbonyl (C=O) groups is 1. The van der Waals surface area contributed by atoms with E-state index in [4.69, 9.17) is 4.74 Å². The van der Waals surface area contributed by atoms with E-state index in [1.807, 2.05) is 38.1 Å². The molecule has 0 spiro atoms. The Hall–Kier alpha value is -1.71. The predicted octanol–water partition coefficient (Wildman–Crippen LogP) is 2.00. The maximum absolute atomic E-state index is 11.6. The van der Waals surface area contributed by atoms with Crippen LogP contribution in [0.2, 0.25) is 0 Å². The Morgan fingerprint density at radius 3 is 2.75 bits per heavy atom. The van der Waals surface area contributed by atoms with E-state index < -0.39 is 0 Å². The normalized spacial score (nSPS) is 15.4. The third-order valence-corrected chi connectivity index (χ3v) is 2.38. The van der Waals surface area contributed by atoms with Crippen LogP contribution in [0, 0.1) is 0 Å². The Kier molecular flexibility index (Phi) is 2.99. The smallest absolute Gasteiger partial charge is 0.322 e. The highest BCUT2D eigenvalue weighted by Gasteiger charge is 2.23. The van der Waals surface area contributed by atoms with Crippen molar-refractivity contribution in [2.75, 3.05) is 18.0 Å². The van der Waals surface area contributed by atoms with Crippen LogP contribution in [-0.2, 0) is 0 Å². The summed E-state index contributed by atoms with van der Waals surface area (Å²) in [5.74, 6) is 0.759. The Labute approximate surface area is 95.2 Å². The molecule has 1 aliphatic rings. The number of benzene rings is 1. The van der Waals surface area contributed by atoms with Crippen LogP contribution in [0.1, 0.15) is 13.8 Å². The predicted molar refractivity (Wildman–Crippen MR) is 63.0 cm³/mol. The van der Waals surface area contributed by atoms with E-state index in [9.17, 15) is 4.79 Å². The fourth-order valence-electron chi connectivity index (χ4n) is 1.74. The number of hydrogen-bond acceptors (Lipinski definition) is 2. The molecule has 1 saturated heterocycles. The van der Waals surface area contributed by atoms with Crippen molar-refractivity contribution in [2.24, 2.45) is 0 Å². The third-order valence-electron chi connectivity index (χ3n) is 2.38. The molecule has 0 saturated carbocycles. The van der Waals surface area contributed by atoms with E-state index in [0.717, 1.165) is 11.4 Å². The topological polar surface area (TPSA) is 41.6 Å². The van der Waals surface area contributed by atoms with Crippen molar-refractivity contribution in [2.45, 2.75) is 20.0 Å². The Balaban J connectivity index is 2.28. The molecule has 1 aromatic carbocycles. The van der Waals surface area contributed by atoms with Gasteiger partial charge in [0.25, 0.3) is 0 Å². The van der Waals surface area contributed by atoms with Gasteiger partial charge >= 0.3 is 6.03 Å². The van der Waals surface area contributed by atoms with Crippen LogP contribution in [0.3, 0.4) is 0 Å². The summed E-state index contributed by atoms with van der Waals surface area (Å²) in [6.07, 6.45) is 0.104. The maximum Gasteiger partial charge on any atom is 0.322 e. The molecule has 4 nitrogen and oxygen atoms in total. The summed E-state index contributed by atoms with van der Waals surface area (Å²) in [4.78, 5) is 13.3. The van der Waals surface area contributed by atoms with Crippen molar-refractivity contribution in [3.8, 4) is 5.75 Å². The number of amides is 2. The zero-order valence-electron chi connectivity index (χ0n) is 9.56. The molecule has 2 amide bonds. The molecular formula is C12H16N2O2. The van der Waals surface area contributed by atoms with Gasteiger partial charge in [0.15, 0.2) is 0 Å². The van der Waals surface area contributed by atoms with Gasteiger partial charge in [-0.1, -0.05) is 12.1 Å². The molecule has 1 N–H and O–H groups in total. The van der Waals surface area contributed by atoms with Crippen LogP contribution >= 0.6 is 0 Å². The van der Waals surface area contributed by atoms with Crippen LogP contribution in [0.25, 0.3) is 0 Å². The standard InChI is InChI=1S/C12H16N2O2/c1-9(2)16-11-6-4-3-5-10(11)14-8-7-13-12(14)15/h3-6,9H,7-8H2,1-2H3,(H,13,15). The number of anilines is 1. The molecule has 0 bridgehead atoms. The lowest BCUT2D eigenvalue weighted by Crippen LogP contribution is -2.28. The molecule has 86 valence electrons. The van der Waals surface area contributed by atoms with Gasteiger partial charge in [-0.05, 0) is 26.0 Å². The second-order valence-electron chi connectivity index (χ2n) is 4.02. The molecule has 1 heterocycles. The SMILES string of the molecule is CC(C)Oc1ccccc1N1CCNC1=O. The Morgan fingerprint density at radius 2 is 2.12 bits per heavy atom. The lowest BCUT2D eigenvalue weighted by molar-refractivity contribution is 0.240. The minimum absolute atomic E-state index is 0.0557. The van der Waals surface area contributed by atoms with Crippen LogP contribution in [0.4, 0.5) is 10.5 Å². The Morgan fingerprint density at radius 1 is 1.38 bits per heavy atom. The average Bonchev–Trinajstić information content (AvgIpc) is 2.64. The van der Waals surface area contributed by atoms with E-state index in [1.54, 1.807) is 4.90 Å². The number of nitrogens with one attached hydrogen (secondary N) is 1. The third kappa shape index (κ3) is 2.10. The fourth-order valence-corrected chi connectivity index (χ4v) is 1.74. The number of carbonyl (C=O) groups excluding carboxylic acids is 1. The molecule has 1 aromatic rings. The largest absolute Gasteiger partial charge is 0.489 e. The number of rotatable bonds is 3. The van der Waals surface area contributed by atoms with Gasteiger partial charge in [0.1, 0.15) is 5.75 Å². The summed E-state index contributed by atoms with van der Waals surface area (Å²) in [5.41, 5.74) is 0.839. The monoisotopic (exact) mass is 220 g/mol. The van der Waals surface area contributed by atoms with Crippen LogP contribution in [-0.4, -0.2) is 25.2 Å². The number of nitrogens with zero attached hydrogens (tertiary/aromatic N) is 1. The first-order valence-electron chi connectivity index (χ1n) is 5.49. The summed E-state index contributed by atoms with van der Waals surface area (Å²) >= 11 is 0. The average molecular weight is 220 g/mol. The summed E-state index contributed by atoms with van der Waals surface area (Å²) < 4.78 is 5.68. The number of ether oxygens (including phenoxy) is 1. The highest BCUT2D eigenvalue weighted by atomic mass is 16.5. The van der Waals surface area contributed by atoms with E-state index in [1.165, 1.54) is 0 Å². The fraction of sp³-hybridized carbons (Fsp3) is 0.417. The van der Waals surface area contributed by atoms with Crippen molar-refractivity contribution in [1.29, 1.82) is 0 Å². The minimum Gasteiger partial charge on any atom is -0.489 e. The van der Waals surface area contributed by atoms with Gasteiger partial charge in [-0.2, -0.15) is 0 Å². The molecule has 1 aliphatic heterocycles. The van der Waals surface area contributed by atoms with Gasteiger partial charge in [-0.25, -0.2) is 4.79 Å². The maximum atomic E-state index is 11.6. The second-order valence-corrected chi connectivity index (χ2v) is 4.02. The van der Waals surface area contributed by atoms with E-state index in [2.05, 4.69) is 5.32 Å². The molecule has 2 rings (SSSR count). The molecule has 4 heteroatoms. The molecular weight excluding hydrogens is 204 g/mol. The first-order valence-corrected chi connectivity index (χ1v) is 5.49. The molecule has 0 unspecified atom stereocenters. The van der Waals surface area contributed by atoms with Crippen LogP contribution < -0.4 is 15.0 Å². The quantitative estimate of drug-likeness (QED) is 0.846. The summed E-state index contributed by atoms with van der Waals surface area (Å²) in [6, 6.07) is 7.56. The van der Waals surface area contributed by atoms with Crippen molar-refractivity contribution in [3.05, 3.63) is 24.3 Å². The van der Waals surface area contributed by atoms with Crippen LogP contribution in [0.15, 0.2) is 24.3 Å². The minimum atomic E-state index is -0.0557. The second kappa shape index (κ2) is 4.43. The van der Waals surface area contributed by atoms with Crippen molar-refractivity contribution < 1.29 is 9.53 Å². The van der Waals surface area contributed by atoms with Crippen molar-refractivity contribution in [3.63, 3.8) is 0 Å². The zero-order chi connectivity index (χ0) is 11.5. The van der Waals surface area contributed by atoms with Gasteiger partial charge in [-0.15, -0.1) is 0 Å². The molecule has 0 aliphatic carbocycles. The molecule has 16 heavy (non-hydrogen) atoms. The summed E-state index contributed by atoms with van der Waals surface area (Å²) in [7, 11) is 0. The van der Waals surface area contributed by atoms with Gasteiger partial charge in [0.2, 0.25) is 0 Å².